The zero-order valence-corrected chi connectivity index (χ0v) is 13.8. The van der Waals surface area contributed by atoms with Gasteiger partial charge in [-0.3, -0.25) is 0 Å². The van der Waals surface area contributed by atoms with Gasteiger partial charge in [0.1, 0.15) is 23.5 Å². The predicted octanol–water partition coefficient (Wildman–Crippen LogP) is 3.89. The number of fused-ring (bicyclic) bond motifs is 2. The van der Waals surface area contributed by atoms with E-state index in [0.717, 1.165) is 27.8 Å². The minimum atomic E-state index is 0.176. The first-order valence-electron chi connectivity index (χ1n) is 7.82. The molecule has 0 atom stereocenters. The highest BCUT2D eigenvalue weighted by atomic mass is 15.1. The molecule has 0 aromatic heterocycles. The first kappa shape index (κ1) is 14.9. The van der Waals surface area contributed by atoms with Gasteiger partial charge in [-0.15, -0.1) is 0 Å². The molecule has 0 saturated heterocycles. The van der Waals surface area contributed by atoms with Crippen LogP contribution in [0.1, 0.15) is 22.5 Å². The van der Waals surface area contributed by atoms with Crippen molar-refractivity contribution < 1.29 is 0 Å². The average Bonchev–Trinajstić information content (AvgIpc) is 2.98. The molecule has 0 fully saturated rings. The predicted molar refractivity (Wildman–Crippen MR) is 94.4 cm³/mol. The molecule has 2 heterocycles. The standard InChI is InChI=1S/C20H13N5/c1-12-3-6-14(7-4-12)25-18-9-13(2)5-8-15(18)24-19-16(10-21)23-17(11-22)20(19)25/h3-9H,1-2H3. The van der Waals surface area contributed by atoms with Crippen molar-refractivity contribution in [3.05, 3.63) is 65.0 Å². The zero-order chi connectivity index (χ0) is 17.6. The summed E-state index contributed by atoms with van der Waals surface area (Å²) in [6, 6.07) is 18.1. The maximum Gasteiger partial charge on any atom is 0.169 e. The van der Waals surface area contributed by atoms with Gasteiger partial charge in [-0.2, -0.15) is 10.5 Å². The van der Waals surface area contributed by atoms with Gasteiger partial charge in [0.05, 0.1) is 11.0 Å². The van der Waals surface area contributed by atoms with Crippen LogP contribution in [-0.2, 0) is 0 Å². The normalized spacial score (nSPS) is 10.7. The van der Waals surface area contributed by atoms with Crippen molar-refractivity contribution in [2.75, 3.05) is 0 Å². The molecule has 2 aromatic rings. The smallest absolute Gasteiger partial charge is 0.169 e. The van der Waals surface area contributed by atoms with Gasteiger partial charge >= 0.3 is 0 Å². The van der Waals surface area contributed by atoms with Gasteiger partial charge in [-0.1, -0.05) is 23.8 Å². The summed E-state index contributed by atoms with van der Waals surface area (Å²) in [5, 5.41) is 18.9. The molecule has 2 aromatic carbocycles. The van der Waals surface area contributed by atoms with Crippen molar-refractivity contribution in [1.82, 2.24) is 14.5 Å². The molecule has 0 amide bonds. The summed E-state index contributed by atoms with van der Waals surface area (Å²) < 4.78 is 1.97. The molecule has 4 rings (SSSR count). The first-order valence-corrected chi connectivity index (χ1v) is 7.82. The molecule has 0 unspecified atom stereocenters. The molecule has 0 aliphatic carbocycles. The minimum absolute atomic E-state index is 0.176. The van der Waals surface area contributed by atoms with Crippen LogP contribution < -0.4 is 0 Å². The molecular weight excluding hydrogens is 310 g/mol. The minimum Gasteiger partial charge on any atom is -0.304 e. The highest BCUT2D eigenvalue weighted by Crippen LogP contribution is 2.34. The number of nitrogens with zero attached hydrogens (tertiary/aromatic N) is 5. The van der Waals surface area contributed by atoms with Gasteiger partial charge in [-0.05, 0) is 43.7 Å². The van der Waals surface area contributed by atoms with E-state index in [-0.39, 0.29) is 11.4 Å². The fourth-order valence-corrected chi connectivity index (χ4v) is 3.03. The van der Waals surface area contributed by atoms with E-state index < -0.39 is 0 Å². The number of hydrogen-bond acceptors (Lipinski definition) is 4. The van der Waals surface area contributed by atoms with Crippen LogP contribution in [0, 0.1) is 36.5 Å². The maximum atomic E-state index is 9.52. The molecule has 5 nitrogen and oxygen atoms in total. The van der Waals surface area contributed by atoms with Crippen LogP contribution in [-0.4, -0.2) is 14.5 Å². The van der Waals surface area contributed by atoms with Crippen molar-refractivity contribution in [2.24, 2.45) is 0 Å². The summed E-state index contributed by atoms with van der Waals surface area (Å²) >= 11 is 0. The molecule has 25 heavy (non-hydrogen) atoms. The molecule has 0 saturated carbocycles. The van der Waals surface area contributed by atoms with Crippen LogP contribution in [0.5, 0.6) is 0 Å². The van der Waals surface area contributed by atoms with Crippen LogP contribution in [0.15, 0.2) is 42.5 Å². The Morgan fingerprint density at radius 3 is 2.20 bits per heavy atom. The monoisotopic (exact) mass is 323 g/mol. The van der Waals surface area contributed by atoms with Gasteiger partial charge in [-0.25, -0.2) is 9.97 Å². The molecule has 2 aliphatic heterocycles. The van der Waals surface area contributed by atoms with Crippen LogP contribution in [0.3, 0.4) is 0 Å². The highest BCUT2D eigenvalue weighted by Gasteiger charge is 2.25. The van der Waals surface area contributed by atoms with E-state index in [1.165, 1.54) is 0 Å². The van der Waals surface area contributed by atoms with Gasteiger partial charge < -0.3 is 4.57 Å². The summed E-state index contributed by atoms with van der Waals surface area (Å²) in [5.74, 6) is 0. The average molecular weight is 323 g/mol. The highest BCUT2D eigenvalue weighted by molar-refractivity contribution is 5.86. The lowest BCUT2D eigenvalue weighted by Crippen LogP contribution is -2.06. The van der Waals surface area contributed by atoms with Crippen molar-refractivity contribution in [2.45, 2.75) is 13.8 Å². The number of benzene rings is 2. The van der Waals surface area contributed by atoms with Gasteiger partial charge in [0, 0.05) is 5.69 Å². The second-order valence-corrected chi connectivity index (χ2v) is 6.00. The van der Waals surface area contributed by atoms with Gasteiger partial charge in [0.15, 0.2) is 11.4 Å². The lowest BCUT2D eigenvalue weighted by molar-refractivity contribution is 1.08. The summed E-state index contributed by atoms with van der Waals surface area (Å²) in [4.78, 5) is 8.77. The van der Waals surface area contributed by atoms with Crippen LogP contribution in [0.4, 0.5) is 0 Å². The van der Waals surface area contributed by atoms with Gasteiger partial charge in [0.2, 0.25) is 0 Å². The number of hydrogen-bond donors (Lipinski definition) is 0. The Balaban J connectivity index is 2.23. The Hall–Kier alpha value is -3.70. The Morgan fingerprint density at radius 1 is 0.840 bits per heavy atom. The lowest BCUT2D eigenvalue weighted by Gasteiger charge is -2.17. The number of rotatable bonds is 1. The fraction of sp³-hybridized carbons (Fsp3) is 0.100. The van der Waals surface area contributed by atoms with Crippen LogP contribution >= 0.6 is 0 Å². The molecule has 118 valence electrons. The Labute approximate surface area is 144 Å². The third-order valence-electron chi connectivity index (χ3n) is 4.23. The lowest BCUT2D eigenvalue weighted by atomic mass is 10.1. The molecule has 0 spiro atoms. The van der Waals surface area contributed by atoms with Crippen molar-refractivity contribution in [3.63, 3.8) is 0 Å². The SMILES string of the molecule is Cc1ccc(-n2c3c(C#N)nc(C#N)c-3nc3ccc(C)cc32)cc1. The van der Waals surface area contributed by atoms with E-state index in [1.54, 1.807) is 0 Å². The first-order chi connectivity index (χ1) is 12.1. The molecular formula is C20H13N5. The van der Waals surface area contributed by atoms with Gasteiger partial charge in [0.25, 0.3) is 0 Å². The Bertz CT molecular complexity index is 1170. The summed E-state index contributed by atoms with van der Waals surface area (Å²) in [5.41, 5.74) is 6.19. The summed E-state index contributed by atoms with van der Waals surface area (Å²) in [6.07, 6.45) is 0. The third kappa shape index (κ3) is 2.22. The van der Waals surface area contributed by atoms with E-state index in [0.29, 0.717) is 11.4 Å². The summed E-state index contributed by atoms with van der Waals surface area (Å²) in [7, 11) is 0. The molecule has 0 radical (unpaired) electrons. The molecule has 0 bridgehead atoms. The van der Waals surface area contributed by atoms with E-state index in [1.807, 2.05) is 60.9 Å². The second-order valence-electron chi connectivity index (χ2n) is 6.00. The molecule has 2 aliphatic rings. The Kier molecular flexibility index (Phi) is 3.23. The summed E-state index contributed by atoms with van der Waals surface area (Å²) in [6.45, 7) is 4.04. The van der Waals surface area contributed by atoms with E-state index in [4.69, 9.17) is 0 Å². The number of nitriles is 2. The van der Waals surface area contributed by atoms with Crippen LogP contribution in [0.25, 0.3) is 28.1 Å². The van der Waals surface area contributed by atoms with Crippen LogP contribution in [0.2, 0.25) is 0 Å². The van der Waals surface area contributed by atoms with E-state index >= 15 is 0 Å². The number of aryl methyl sites for hydroxylation is 2. The zero-order valence-electron chi connectivity index (χ0n) is 13.8. The topological polar surface area (TPSA) is 78.3 Å². The Morgan fingerprint density at radius 2 is 1.52 bits per heavy atom. The fourth-order valence-electron chi connectivity index (χ4n) is 3.03. The third-order valence-corrected chi connectivity index (χ3v) is 4.23. The van der Waals surface area contributed by atoms with E-state index in [9.17, 15) is 10.5 Å². The molecule has 0 N–H and O–H groups in total. The van der Waals surface area contributed by atoms with Crippen molar-refractivity contribution >= 4 is 11.0 Å². The molecule has 5 heteroatoms. The quantitative estimate of drug-likeness (QED) is 0.532. The maximum absolute atomic E-state index is 9.52. The largest absolute Gasteiger partial charge is 0.304 e. The van der Waals surface area contributed by atoms with Crippen molar-refractivity contribution in [3.8, 4) is 29.2 Å². The second kappa shape index (κ2) is 5.43. The van der Waals surface area contributed by atoms with E-state index in [2.05, 4.69) is 22.1 Å². The van der Waals surface area contributed by atoms with Crippen molar-refractivity contribution in [1.29, 1.82) is 10.5 Å². The number of aromatic nitrogens is 3.